The van der Waals surface area contributed by atoms with Gasteiger partial charge in [0.2, 0.25) is 0 Å². The summed E-state index contributed by atoms with van der Waals surface area (Å²) in [5.41, 5.74) is 0.636. The number of rotatable bonds is 4. The van der Waals surface area contributed by atoms with Gasteiger partial charge >= 0.3 is 0 Å². The highest BCUT2D eigenvalue weighted by Gasteiger charge is 2.17. The Bertz CT molecular complexity index is 391. The quantitative estimate of drug-likeness (QED) is 0.499. The van der Waals surface area contributed by atoms with Crippen molar-refractivity contribution in [2.75, 3.05) is 0 Å². The average molecular weight is 241 g/mol. The number of nitrogens with zero attached hydrogens (tertiary/aromatic N) is 1. The van der Waals surface area contributed by atoms with Gasteiger partial charge in [0.15, 0.2) is 0 Å². The Hall–Kier alpha value is -1.07. The van der Waals surface area contributed by atoms with Gasteiger partial charge in [0.25, 0.3) is 5.69 Å². The van der Waals surface area contributed by atoms with E-state index < -0.39 is 11.0 Å². The van der Waals surface area contributed by atoms with Crippen LogP contribution in [0, 0.1) is 10.1 Å². The van der Waals surface area contributed by atoms with Crippen molar-refractivity contribution in [2.24, 2.45) is 0 Å². The van der Waals surface area contributed by atoms with Crippen LogP contribution >= 0.6 is 11.8 Å². The van der Waals surface area contributed by atoms with E-state index in [4.69, 9.17) is 0 Å². The fraction of sp³-hybridized carbons (Fsp3) is 0.455. The van der Waals surface area contributed by atoms with E-state index in [9.17, 15) is 15.2 Å². The normalized spacial score (nSPS) is 12.8. The highest BCUT2D eigenvalue weighted by Crippen LogP contribution is 2.33. The molecule has 0 bridgehead atoms. The Balaban J connectivity index is 3.14. The molecule has 88 valence electrons. The van der Waals surface area contributed by atoms with Crippen molar-refractivity contribution >= 4 is 17.4 Å². The smallest absolute Gasteiger partial charge is 0.283 e. The lowest BCUT2D eigenvalue weighted by Crippen LogP contribution is -1.97. The molecule has 0 aliphatic carbocycles. The number of benzene rings is 1. The van der Waals surface area contributed by atoms with Crippen molar-refractivity contribution in [2.45, 2.75) is 37.0 Å². The third-order valence-corrected chi connectivity index (χ3v) is 3.10. The third kappa shape index (κ3) is 3.21. The Morgan fingerprint density at radius 1 is 1.38 bits per heavy atom. The summed E-state index contributed by atoms with van der Waals surface area (Å²) in [6, 6.07) is 4.86. The molecule has 5 heteroatoms. The predicted octanol–water partition coefficient (Wildman–Crippen LogP) is 3.15. The fourth-order valence-corrected chi connectivity index (χ4v) is 2.20. The monoisotopic (exact) mass is 241 g/mol. The van der Waals surface area contributed by atoms with Gasteiger partial charge in [-0.05, 0) is 18.6 Å². The van der Waals surface area contributed by atoms with Gasteiger partial charge in [0.1, 0.15) is 0 Å². The molecule has 0 heterocycles. The van der Waals surface area contributed by atoms with Crippen LogP contribution in [-0.2, 0) is 0 Å². The summed E-state index contributed by atoms with van der Waals surface area (Å²) in [4.78, 5) is 11.1. The van der Waals surface area contributed by atoms with Gasteiger partial charge in [0.05, 0.1) is 15.9 Å². The van der Waals surface area contributed by atoms with Crippen molar-refractivity contribution in [1.82, 2.24) is 0 Å². The third-order valence-electron chi connectivity index (χ3n) is 2.02. The van der Waals surface area contributed by atoms with E-state index in [2.05, 4.69) is 0 Å². The lowest BCUT2D eigenvalue weighted by Gasteiger charge is -2.09. The Labute approximate surface area is 98.8 Å². The maximum Gasteiger partial charge on any atom is 0.283 e. The molecule has 1 N–H and O–H groups in total. The van der Waals surface area contributed by atoms with E-state index in [0.717, 1.165) is 0 Å². The van der Waals surface area contributed by atoms with Gasteiger partial charge in [-0.25, -0.2) is 0 Å². The summed E-state index contributed by atoms with van der Waals surface area (Å²) < 4.78 is 0. The van der Waals surface area contributed by atoms with Crippen LogP contribution in [0.5, 0.6) is 0 Å². The molecule has 1 rings (SSSR count). The Kier molecular flexibility index (Phi) is 4.32. The maximum atomic E-state index is 10.9. The lowest BCUT2D eigenvalue weighted by atomic mass is 10.1. The van der Waals surface area contributed by atoms with Gasteiger partial charge < -0.3 is 5.11 Å². The number of hydrogen-bond acceptors (Lipinski definition) is 4. The maximum absolute atomic E-state index is 10.9. The number of hydrogen-bond donors (Lipinski definition) is 1. The molecule has 1 aromatic rings. The second-order valence-corrected chi connectivity index (χ2v) is 5.45. The van der Waals surface area contributed by atoms with Crippen molar-refractivity contribution in [1.29, 1.82) is 0 Å². The van der Waals surface area contributed by atoms with E-state index in [0.29, 0.717) is 10.5 Å². The average Bonchev–Trinajstić information content (AvgIpc) is 2.16. The molecule has 1 atom stereocenters. The van der Waals surface area contributed by atoms with E-state index >= 15 is 0 Å². The van der Waals surface area contributed by atoms with Gasteiger partial charge in [0, 0.05) is 11.3 Å². The summed E-state index contributed by atoms with van der Waals surface area (Å²) in [7, 11) is 0. The minimum absolute atomic E-state index is 0.0668. The molecule has 0 saturated heterocycles. The molecular weight excluding hydrogens is 226 g/mol. The molecular formula is C11H15NO3S. The van der Waals surface area contributed by atoms with Gasteiger partial charge in [-0.3, -0.25) is 10.1 Å². The molecule has 4 nitrogen and oxygen atoms in total. The molecule has 0 radical (unpaired) electrons. The summed E-state index contributed by atoms with van der Waals surface area (Å²) in [5, 5.41) is 20.6. The highest BCUT2D eigenvalue weighted by molar-refractivity contribution is 8.00. The van der Waals surface area contributed by atoms with Crippen molar-refractivity contribution in [3.8, 4) is 0 Å². The first-order chi connectivity index (χ1) is 7.41. The summed E-state index contributed by atoms with van der Waals surface area (Å²) in [5.74, 6) is 0. The van der Waals surface area contributed by atoms with Crippen LogP contribution in [0.2, 0.25) is 0 Å². The zero-order valence-electron chi connectivity index (χ0n) is 9.51. The summed E-state index contributed by atoms with van der Waals surface area (Å²) in [6.45, 7) is 5.56. The molecule has 0 aliphatic heterocycles. The molecule has 16 heavy (non-hydrogen) atoms. The van der Waals surface area contributed by atoms with Crippen LogP contribution in [0.3, 0.4) is 0 Å². The zero-order valence-corrected chi connectivity index (χ0v) is 10.3. The highest BCUT2D eigenvalue weighted by atomic mass is 32.2. The molecule has 0 amide bonds. The standard InChI is InChI=1S/C11H15NO3S/c1-7(2)16-11-5-4-9(8(3)13)6-10(11)12(14)15/h4-8,13H,1-3H3/t8-/m1/s1. The van der Waals surface area contributed by atoms with Crippen LogP contribution < -0.4 is 0 Å². The molecule has 1 aromatic carbocycles. The second kappa shape index (κ2) is 5.32. The first-order valence-corrected chi connectivity index (χ1v) is 5.93. The van der Waals surface area contributed by atoms with Crippen LogP contribution in [-0.4, -0.2) is 15.3 Å². The van der Waals surface area contributed by atoms with E-state index in [-0.39, 0.29) is 10.9 Å². The van der Waals surface area contributed by atoms with E-state index in [1.165, 1.54) is 17.8 Å². The minimum atomic E-state index is -0.684. The van der Waals surface area contributed by atoms with E-state index in [1.807, 2.05) is 13.8 Å². The predicted molar refractivity (Wildman–Crippen MR) is 64.7 cm³/mol. The zero-order chi connectivity index (χ0) is 12.3. The molecule has 0 fully saturated rings. The van der Waals surface area contributed by atoms with Crippen molar-refractivity contribution < 1.29 is 10.0 Å². The first kappa shape index (κ1) is 13.0. The molecule has 0 unspecified atom stereocenters. The minimum Gasteiger partial charge on any atom is -0.389 e. The second-order valence-electron chi connectivity index (χ2n) is 3.83. The van der Waals surface area contributed by atoms with Crippen LogP contribution in [0.15, 0.2) is 23.1 Å². The number of nitro benzene ring substituents is 1. The Morgan fingerprint density at radius 2 is 2.00 bits per heavy atom. The molecule has 0 aliphatic rings. The fourth-order valence-electron chi connectivity index (χ4n) is 1.29. The van der Waals surface area contributed by atoms with Crippen LogP contribution in [0.25, 0.3) is 0 Å². The number of nitro groups is 1. The SMILES string of the molecule is CC(C)Sc1ccc([C@@H](C)O)cc1[N+](=O)[O-]. The van der Waals surface area contributed by atoms with Gasteiger partial charge in [-0.15, -0.1) is 11.8 Å². The van der Waals surface area contributed by atoms with Gasteiger partial charge in [-0.2, -0.15) is 0 Å². The first-order valence-electron chi connectivity index (χ1n) is 5.05. The van der Waals surface area contributed by atoms with Crippen molar-refractivity contribution in [3.05, 3.63) is 33.9 Å². The number of aliphatic hydroxyl groups excluding tert-OH is 1. The van der Waals surface area contributed by atoms with Crippen molar-refractivity contribution in [3.63, 3.8) is 0 Å². The summed E-state index contributed by atoms with van der Waals surface area (Å²) in [6.07, 6.45) is -0.684. The molecule has 0 saturated carbocycles. The van der Waals surface area contributed by atoms with Crippen LogP contribution in [0.4, 0.5) is 5.69 Å². The van der Waals surface area contributed by atoms with Gasteiger partial charge in [-0.1, -0.05) is 19.9 Å². The number of aliphatic hydroxyl groups is 1. The Morgan fingerprint density at radius 3 is 2.44 bits per heavy atom. The largest absolute Gasteiger partial charge is 0.389 e. The molecule has 0 spiro atoms. The number of thioether (sulfide) groups is 1. The van der Waals surface area contributed by atoms with E-state index in [1.54, 1.807) is 19.1 Å². The summed E-state index contributed by atoms with van der Waals surface area (Å²) >= 11 is 1.45. The topological polar surface area (TPSA) is 63.4 Å². The van der Waals surface area contributed by atoms with Crippen LogP contribution in [0.1, 0.15) is 32.4 Å². The molecule has 0 aromatic heterocycles. The lowest BCUT2D eigenvalue weighted by molar-refractivity contribution is -0.387.